The third-order valence-electron chi connectivity index (χ3n) is 5.92. The Morgan fingerprint density at radius 1 is 1.17 bits per heavy atom. The highest BCUT2D eigenvalue weighted by atomic mass is 16.3. The standard InChI is InChI=1S/C19H28N2O3/c1-13-5-3-6-16(14(13)2)20-18(22)15-8-10-21(11-9-15)19(23)17-7-4-12-24-17/h4,7,12-16H,3,5-6,8-11H2,1-2H3,(H,20,22). The van der Waals surface area contributed by atoms with Crippen LogP contribution in [-0.2, 0) is 4.79 Å². The summed E-state index contributed by atoms with van der Waals surface area (Å²) < 4.78 is 5.17. The summed E-state index contributed by atoms with van der Waals surface area (Å²) in [5.74, 6) is 1.72. The molecule has 1 aliphatic heterocycles. The number of carbonyl (C=O) groups excluding carboxylic acids is 2. The van der Waals surface area contributed by atoms with Crippen LogP contribution in [0.1, 0.15) is 56.5 Å². The molecule has 1 aromatic rings. The fourth-order valence-electron chi connectivity index (χ4n) is 3.99. The predicted octanol–water partition coefficient (Wildman–Crippen LogP) is 3.07. The van der Waals surface area contributed by atoms with Crippen molar-refractivity contribution in [3.05, 3.63) is 24.2 Å². The number of likely N-dealkylation sites (tertiary alicyclic amines) is 1. The van der Waals surface area contributed by atoms with Crippen molar-refractivity contribution < 1.29 is 14.0 Å². The highest BCUT2D eigenvalue weighted by Crippen LogP contribution is 2.30. The van der Waals surface area contributed by atoms with Crippen LogP contribution in [0.3, 0.4) is 0 Å². The molecule has 3 unspecified atom stereocenters. The molecule has 1 aliphatic carbocycles. The third kappa shape index (κ3) is 3.65. The number of amides is 2. The van der Waals surface area contributed by atoms with E-state index < -0.39 is 0 Å². The van der Waals surface area contributed by atoms with Gasteiger partial charge in [0.25, 0.3) is 5.91 Å². The number of nitrogens with one attached hydrogen (secondary N) is 1. The average Bonchev–Trinajstić information content (AvgIpc) is 3.13. The van der Waals surface area contributed by atoms with Gasteiger partial charge in [0.15, 0.2) is 5.76 Å². The van der Waals surface area contributed by atoms with Crippen LogP contribution in [0.15, 0.2) is 22.8 Å². The highest BCUT2D eigenvalue weighted by Gasteiger charge is 2.32. The van der Waals surface area contributed by atoms with Crippen molar-refractivity contribution in [2.24, 2.45) is 17.8 Å². The van der Waals surface area contributed by atoms with Crippen LogP contribution in [0.5, 0.6) is 0 Å². The van der Waals surface area contributed by atoms with Gasteiger partial charge in [-0.25, -0.2) is 0 Å². The SMILES string of the molecule is CC1CCCC(NC(=O)C2CCN(C(=O)c3ccco3)CC2)C1C. The van der Waals surface area contributed by atoms with E-state index in [1.807, 2.05) is 0 Å². The Bertz CT molecular complexity index is 561. The van der Waals surface area contributed by atoms with Crippen LogP contribution in [-0.4, -0.2) is 35.8 Å². The summed E-state index contributed by atoms with van der Waals surface area (Å²) >= 11 is 0. The first-order valence-electron chi connectivity index (χ1n) is 9.19. The molecule has 0 radical (unpaired) electrons. The maximum Gasteiger partial charge on any atom is 0.289 e. The van der Waals surface area contributed by atoms with E-state index in [9.17, 15) is 9.59 Å². The molecule has 2 fully saturated rings. The first kappa shape index (κ1) is 17.1. The van der Waals surface area contributed by atoms with Crippen molar-refractivity contribution >= 4 is 11.8 Å². The fourth-order valence-corrected chi connectivity index (χ4v) is 3.99. The molecule has 5 nitrogen and oxygen atoms in total. The zero-order chi connectivity index (χ0) is 17.1. The summed E-state index contributed by atoms with van der Waals surface area (Å²) in [6.07, 6.45) is 6.53. The van der Waals surface area contributed by atoms with Crippen LogP contribution in [0.25, 0.3) is 0 Å². The lowest BCUT2D eigenvalue weighted by atomic mass is 9.78. The second kappa shape index (κ2) is 7.41. The molecule has 0 bridgehead atoms. The van der Waals surface area contributed by atoms with Gasteiger partial charge in [0, 0.05) is 25.0 Å². The van der Waals surface area contributed by atoms with E-state index in [0.717, 1.165) is 19.3 Å². The average molecular weight is 332 g/mol. The molecule has 0 spiro atoms. The Balaban J connectivity index is 1.49. The summed E-state index contributed by atoms with van der Waals surface area (Å²) in [7, 11) is 0. The van der Waals surface area contributed by atoms with E-state index in [4.69, 9.17) is 4.42 Å². The van der Waals surface area contributed by atoms with Gasteiger partial charge < -0.3 is 14.6 Å². The zero-order valence-electron chi connectivity index (χ0n) is 14.7. The molecule has 2 heterocycles. The van der Waals surface area contributed by atoms with Crippen molar-refractivity contribution in [1.82, 2.24) is 10.2 Å². The predicted molar refractivity (Wildman–Crippen MR) is 91.4 cm³/mol. The number of carbonyl (C=O) groups is 2. The van der Waals surface area contributed by atoms with Gasteiger partial charge in [-0.2, -0.15) is 0 Å². The summed E-state index contributed by atoms with van der Waals surface area (Å²) in [5.41, 5.74) is 0. The molecule has 2 amide bonds. The van der Waals surface area contributed by atoms with Gasteiger partial charge in [-0.3, -0.25) is 9.59 Å². The molecule has 132 valence electrons. The molecule has 3 rings (SSSR count). The molecular weight excluding hydrogens is 304 g/mol. The molecule has 2 aliphatic rings. The van der Waals surface area contributed by atoms with Crippen LogP contribution in [0, 0.1) is 17.8 Å². The normalized spacial score (nSPS) is 28.6. The molecule has 0 aromatic carbocycles. The number of rotatable bonds is 3. The van der Waals surface area contributed by atoms with Crippen LogP contribution in [0.2, 0.25) is 0 Å². The molecule has 24 heavy (non-hydrogen) atoms. The largest absolute Gasteiger partial charge is 0.459 e. The monoisotopic (exact) mass is 332 g/mol. The second-order valence-corrected chi connectivity index (χ2v) is 7.43. The lowest BCUT2D eigenvalue weighted by Crippen LogP contribution is -2.48. The van der Waals surface area contributed by atoms with Crippen LogP contribution < -0.4 is 5.32 Å². The van der Waals surface area contributed by atoms with Gasteiger partial charge in [-0.1, -0.05) is 26.7 Å². The first-order valence-corrected chi connectivity index (χ1v) is 9.19. The summed E-state index contributed by atoms with van der Waals surface area (Å²) in [4.78, 5) is 26.6. The van der Waals surface area contributed by atoms with Gasteiger partial charge >= 0.3 is 0 Å². The van der Waals surface area contributed by atoms with Gasteiger partial charge in [-0.15, -0.1) is 0 Å². The molecular formula is C19H28N2O3. The van der Waals surface area contributed by atoms with Gasteiger partial charge in [0.2, 0.25) is 5.91 Å². The summed E-state index contributed by atoms with van der Waals surface area (Å²) in [6, 6.07) is 3.72. The number of piperidine rings is 1. The van der Waals surface area contributed by atoms with Crippen molar-refractivity contribution in [2.45, 2.75) is 52.0 Å². The van der Waals surface area contributed by atoms with Crippen molar-refractivity contribution in [1.29, 1.82) is 0 Å². The Morgan fingerprint density at radius 2 is 1.92 bits per heavy atom. The number of nitrogens with zero attached hydrogens (tertiary/aromatic N) is 1. The maximum absolute atomic E-state index is 12.6. The Kier molecular flexibility index (Phi) is 5.27. The van der Waals surface area contributed by atoms with E-state index in [2.05, 4.69) is 19.2 Å². The van der Waals surface area contributed by atoms with E-state index in [0.29, 0.717) is 36.7 Å². The lowest BCUT2D eigenvalue weighted by Gasteiger charge is -2.36. The minimum atomic E-state index is -0.0754. The second-order valence-electron chi connectivity index (χ2n) is 7.43. The van der Waals surface area contributed by atoms with E-state index in [-0.39, 0.29) is 17.7 Å². The smallest absolute Gasteiger partial charge is 0.289 e. The number of hydrogen-bond donors (Lipinski definition) is 1. The number of hydrogen-bond acceptors (Lipinski definition) is 3. The van der Waals surface area contributed by atoms with Crippen LogP contribution in [0.4, 0.5) is 0 Å². The van der Waals surface area contributed by atoms with Crippen molar-refractivity contribution in [3.8, 4) is 0 Å². The quantitative estimate of drug-likeness (QED) is 0.925. The summed E-state index contributed by atoms with van der Waals surface area (Å²) in [5, 5.41) is 3.28. The lowest BCUT2D eigenvalue weighted by molar-refractivity contribution is -0.127. The van der Waals surface area contributed by atoms with Crippen LogP contribution >= 0.6 is 0 Å². The minimum absolute atomic E-state index is 0.0232. The first-order chi connectivity index (χ1) is 11.6. The Labute approximate surface area is 143 Å². The molecule has 5 heteroatoms. The Hall–Kier alpha value is -1.78. The van der Waals surface area contributed by atoms with E-state index in [1.165, 1.54) is 19.1 Å². The molecule has 3 atom stereocenters. The van der Waals surface area contributed by atoms with Crippen molar-refractivity contribution in [3.63, 3.8) is 0 Å². The molecule has 1 saturated heterocycles. The molecule has 1 aromatic heterocycles. The van der Waals surface area contributed by atoms with Gasteiger partial charge in [0.05, 0.1) is 6.26 Å². The highest BCUT2D eigenvalue weighted by molar-refractivity contribution is 5.91. The maximum atomic E-state index is 12.6. The van der Waals surface area contributed by atoms with E-state index >= 15 is 0 Å². The number of furan rings is 1. The fraction of sp³-hybridized carbons (Fsp3) is 0.684. The Morgan fingerprint density at radius 3 is 2.58 bits per heavy atom. The van der Waals surface area contributed by atoms with Gasteiger partial charge in [0.1, 0.15) is 0 Å². The minimum Gasteiger partial charge on any atom is -0.459 e. The topological polar surface area (TPSA) is 62.6 Å². The molecule has 1 saturated carbocycles. The third-order valence-corrected chi connectivity index (χ3v) is 5.92. The molecule has 1 N–H and O–H groups in total. The van der Waals surface area contributed by atoms with E-state index in [1.54, 1.807) is 17.0 Å². The van der Waals surface area contributed by atoms with Crippen molar-refractivity contribution in [2.75, 3.05) is 13.1 Å². The summed E-state index contributed by atoms with van der Waals surface area (Å²) in [6.45, 7) is 5.77. The zero-order valence-corrected chi connectivity index (χ0v) is 14.7. The van der Waals surface area contributed by atoms with Gasteiger partial charge in [-0.05, 0) is 43.2 Å².